The van der Waals surface area contributed by atoms with Gasteiger partial charge in [0.2, 0.25) is 12.4 Å². The van der Waals surface area contributed by atoms with Crippen molar-refractivity contribution in [3.05, 3.63) is 88.7 Å². The lowest BCUT2D eigenvalue weighted by Crippen LogP contribution is -2.58. The molecule has 0 spiro atoms. The molecule has 0 aromatic heterocycles. The summed E-state index contributed by atoms with van der Waals surface area (Å²) in [7, 11) is 5.00. The summed E-state index contributed by atoms with van der Waals surface area (Å²) in [5, 5.41) is 41.3. The quantitative estimate of drug-likeness (QED) is 0.0846. The van der Waals surface area contributed by atoms with E-state index in [4.69, 9.17) is 42.6 Å². The molecule has 0 amide bonds. The maximum Gasteiger partial charge on any atom is 0.340 e. The Morgan fingerprint density at radius 3 is 1.10 bits per heavy atom. The summed E-state index contributed by atoms with van der Waals surface area (Å²) >= 11 is 12.6. The number of ether oxygens (including phenoxy) is 9. The first-order valence-corrected chi connectivity index (χ1v) is 19.4. The van der Waals surface area contributed by atoms with Gasteiger partial charge in [-0.1, -0.05) is 0 Å². The van der Waals surface area contributed by atoms with Gasteiger partial charge in [-0.25, -0.2) is 19.2 Å². The fraction of sp³-hybridized carbons (Fsp3) is 0.243. The van der Waals surface area contributed by atoms with Gasteiger partial charge in [0.1, 0.15) is 0 Å². The van der Waals surface area contributed by atoms with E-state index >= 15 is 0 Å². The molecular formula is C37H30Br4O17. The second kappa shape index (κ2) is 18.7. The van der Waals surface area contributed by atoms with E-state index in [2.05, 4.69) is 63.7 Å². The number of carbonyl (C=O) groups excluding carboxylic acids is 4. The monoisotopic (exact) mass is 1060 g/mol. The van der Waals surface area contributed by atoms with E-state index in [1.165, 1.54) is 58.8 Å². The molecule has 1 saturated heterocycles. The molecule has 0 bridgehead atoms. The van der Waals surface area contributed by atoms with E-state index in [1.54, 1.807) is 0 Å². The number of phenolic OH excluding ortho intramolecular Hbond substituents is 4. The van der Waals surface area contributed by atoms with Crippen LogP contribution in [-0.4, -0.2) is 104 Å². The van der Waals surface area contributed by atoms with Crippen LogP contribution in [0.25, 0.3) is 0 Å². The highest BCUT2D eigenvalue weighted by Gasteiger charge is 2.50. The van der Waals surface area contributed by atoms with E-state index in [-0.39, 0.29) is 86.1 Å². The molecule has 0 aliphatic carbocycles. The van der Waals surface area contributed by atoms with Gasteiger partial charge in [0.05, 0.1) is 75.2 Å². The first-order chi connectivity index (χ1) is 27.5. The van der Waals surface area contributed by atoms with E-state index < -0.39 is 55.1 Å². The number of methoxy groups -OCH3 is 4. The molecule has 1 aliphatic rings. The highest BCUT2D eigenvalue weighted by Crippen LogP contribution is 2.40. The minimum Gasteiger partial charge on any atom is -0.503 e. The Balaban J connectivity index is 1.61. The van der Waals surface area contributed by atoms with Crippen molar-refractivity contribution < 1.29 is 82.2 Å². The van der Waals surface area contributed by atoms with Gasteiger partial charge < -0.3 is 63.1 Å². The van der Waals surface area contributed by atoms with Gasteiger partial charge in [-0.2, -0.15) is 0 Å². The molecule has 17 nitrogen and oxygen atoms in total. The SMILES string of the molecule is COc1cc(C(=O)O[C@@H]2OC[C@@H](OC(=O)c3cc(Br)c(O)c(OC)c3)[C@H](OC(=O)c3cc(Br)c(O)c(OC)c3)[C@H]2OC(=O)c2cc(Br)c(O)c(OC)c2)cc(Br)c1O. The topological polar surface area (TPSA) is 232 Å². The highest BCUT2D eigenvalue weighted by atomic mass is 79.9. The largest absolute Gasteiger partial charge is 0.503 e. The molecule has 5 rings (SSSR count). The van der Waals surface area contributed by atoms with Crippen LogP contribution in [0.1, 0.15) is 41.4 Å². The van der Waals surface area contributed by atoms with Crippen LogP contribution in [0.15, 0.2) is 66.4 Å². The van der Waals surface area contributed by atoms with Gasteiger partial charge in [0, 0.05) is 0 Å². The van der Waals surface area contributed by atoms with Crippen molar-refractivity contribution in [3.63, 3.8) is 0 Å². The van der Waals surface area contributed by atoms with Crippen molar-refractivity contribution in [1.29, 1.82) is 0 Å². The standard InChI is InChI=1S/C37H30Br4O17/c1-50-22-9-14(5-18(38)27(22)42)33(46)55-26-13-54-37(58-36(49)17-8-21(41)30(45)25(12-17)53-4)32(57-35(48)16-7-20(40)29(44)24(11-16)52-3)31(26)56-34(47)15-6-19(39)28(43)23(10-15)51-2/h5-12,26,31-32,37,42-45H,13H2,1-4H3/t26-,31+,32-,37+/m1/s1. The molecule has 1 heterocycles. The molecule has 4 atom stereocenters. The molecule has 0 saturated carbocycles. The average molecular weight is 1070 g/mol. The van der Waals surface area contributed by atoms with Gasteiger partial charge in [-0.05, 0) is 112 Å². The van der Waals surface area contributed by atoms with E-state index in [0.717, 1.165) is 18.2 Å². The zero-order valence-electron chi connectivity index (χ0n) is 30.2. The van der Waals surface area contributed by atoms with E-state index in [1.807, 2.05) is 0 Å². The number of rotatable bonds is 12. The normalized spacial score (nSPS) is 17.4. The van der Waals surface area contributed by atoms with Gasteiger partial charge in [0.25, 0.3) is 0 Å². The number of phenols is 4. The summed E-state index contributed by atoms with van der Waals surface area (Å²) in [6.07, 6.45) is -7.23. The zero-order chi connectivity index (χ0) is 42.6. The molecule has 4 aromatic carbocycles. The number of carbonyl (C=O) groups is 4. The molecule has 1 fully saturated rings. The van der Waals surface area contributed by atoms with Crippen molar-refractivity contribution in [2.75, 3.05) is 35.0 Å². The molecule has 0 radical (unpaired) electrons. The predicted octanol–water partition coefficient (Wildman–Crippen LogP) is 6.78. The number of benzene rings is 4. The summed E-state index contributed by atoms with van der Waals surface area (Å²) < 4.78 is 49.9. The smallest absolute Gasteiger partial charge is 0.340 e. The molecule has 21 heteroatoms. The molecule has 58 heavy (non-hydrogen) atoms. The van der Waals surface area contributed by atoms with E-state index in [9.17, 15) is 39.6 Å². The van der Waals surface area contributed by atoms with Crippen molar-refractivity contribution in [2.24, 2.45) is 0 Å². The molecular weight excluding hydrogens is 1040 g/mol. The Bertz CT molecular complexity index is 2110. The third-order valence-electron chi connectivity index (χ3n) is 8.29. The van der Waals surface area contributed by atoms with Crippen LogP contribution < -0.4 is 18.9 Å². The minimum atomic E-state index is -1.92. The molecule has 4 aromatic rings. The number of esters is 4. The van der Waals surface area contributed by atoms with Crippen LogP contribution in [0.5, 0.6) is 46.0 Å². The molecule has 0 unspecified atom stereocenters. The number of aromatic hydroxyl groups is 4. The van der Waals surface area contributed by atoms with Crippen molar-refractivity contribution in [2.45, 2.75) is 24.6 Å². The lowest BCUT2D eigenvalue weighted by molar-refractivity contribution is -0.250. The average Bonchev–Trinajstić information content (AvgIpc) is 3.20. The third-order valence-corrected chi connectivity index (χ3v) is 10.7. The predicted molar refractivity (Wildman–Crippen MR) is 212 cm³/mol. The Morgan fingerprint density at radius 1 is 0.483 bits per heavy atom. The van der Waals surface area contributed by atoms with Crippen molar-refractivity contribution >= 4 is 87.6 Å². The molecule has 1 aliphatic heterocycles. The number of halogens is 4. The second-order valence-corrected chi connectivity index (χ2v) is 15.2. The number of hydrogen-bond donors (Lipinski definition) is 4. The van der Waals surface area contributed by atoms with Crippen molar-refractivity contribution in [1.82, 2.24) is 0 Å². The van der Waals surface area contributed by atoms with E-state index in [0.29, 0.717) is 0 Å². The fourth-order valence-corrected chi connectivity index (χ4v) is 7.13. The van der Waals surface area contributed by atoms with Crippen LogP contribution in [-0.2, 0) is 23.7 Å². The number of hydrogen-bond acceptors (Lipinski definition) is 17. The summed E-state index contributed by atoms with van der Waals surface area (Å²) in [6.45, 7) is -0.629. The summed E-state index contributed by atoms with van der Waals surface area (Å²) in [6, 6.07) is 9.47. The Hall–Kier alpha value is -4.96. The molecule has 4 N–H and O–H groups in total. The first-order valence-electron chi connectivity index (χ1n) is 16.2. The first kappa shape index (κ1) is 44.1. The Morgan fingerprint density at radius 2 is 0.776 bits per heavy atom. The summed E-state index contributed by atoms with van der Waals surface area (Å²) in [4.78, 5) is 55.1. The maximum absolute atomic E-state index is 13.9. The lowest BCUT2D eigenvalue weighted by atomic mass is 10.0. The minimum absolute atomic E-state index is 0.0330. The van der Waals surface area contributed by atoms with Crippen LogP contribution in [0.4, 0.5) is 0 Å². The van der Waals surface area contributed by atoms with Gasteiger partial charge in [0.15, 0.2) is 58.2 Å². The Kier molecular flexibility index (Phi) is 14.3. The fourth-order valence-electron chi connectivity index (χ4n) is 5.37. The molecule has 308 valence electrons. The Labute approximate surface area is 362 Å². The summed E-state index contributed by atoms with van der Waals surface area (Å²) in [5.41, 5.74) is -0.723. The van der Waals surface area contributed by atoms with Gasteiger partial charge in [-0.15, -0.1) is 0 Å². The maximum atomic E-state index is 13.9. The van der Waals surface area contributed by atoms with Gasteiger partial charge in [-0.3, -0.25) is 0 Å². The van der Waals surface area contributed by atoms with Crippen LogP contribution in [0.2, 0.25) is 0 Å². The van der Waals surface area contributed by atoms with Crippen LogP contribution in [0.3, 0.4) is 0 Å². The lowest BCUT2D eigenvalue weighted by Gasteiger charge is -2.40. The second-order valence-electron chi connectivity index (χ2n) is 11.8. The van der Waals surface area contributed by atoms with Crippen molar-refractivity contribution in [3.8, 4) is 46.0 Å². The van der Waals surface area contributed by atoms with Gasteiger partial charge >= 0.3 is 23.9 Å². The zero-order valence-corrected chi connectivity index (χ0v) is 36.6. The van der Waals surface area contributed by atoms with Crippen LogP contribution >= 0.6 is 63.7 Å². The van der Waals surface area contributed by atoms with Crippen LogP contribution in [0, 0.1) is 0 Å². The highest BCUT2D eigenvalue weighted by molar-refractivity contribution is 9.11. The summed E-state index contributed by atoms with van der Waals surface area (Å²) in [5.74, 6) is -6.15. The third kappa shape index (κ3) is 9.49.